The summed E-state index contributed by atoms with van der Waals surface area (Å²) in [6.45, 7) is 1.52. The molecule has 0 fully saturated rings. The van der Waals surface area contributed by atoms with Gasteiger partial charge in [0.25, 0.3) is 10.0 Å². The van der Waals surface area contributed by atoms with Gasteiger partial charge >= 0.3 is 0 Å². The van der Waals surface area contributed by atoms with Crippen LogP contribution < -0.4 is 14.9 Å². The second-order valence-electron chi connectivity index (χ2n) is 7.26. The number of hydrogen-bond donors (Lipinski definition) is 2. The molecule has 0 spiro atoms. The van der Waals surface area contributed by atoms with Gasteiger partial charge in [-0.15, -0.1) is 0 Å². The van der Waals surface area contributed by atoms with E-state index in [1.54, 1.807) is 48.5 Å². The van der Waals surface area contributed by atoms with Crippen molar-refractivity contribution in [2.75, 3.05) is 14.9 Å². The Morgan fingerprint density at radius 3 is 2.22 bits per heavy atom. The SMILES string of the molecule is CC(=O)Nc1ccc(NC=C2C(=O)c3ccccc3N(Cc3ccccc3)S2(=O)=O)cc1. The summed E-state index contributed by atoms with van der Waals surface area (Å²) in [5.74, 6) is -0.754. The zero-order valence-corrected chi connectivity index (χ0v) is 18.1. The minimum absolute atomic E-state index is 0.107. The van der Waals surface area contributed by atoms with Crippen molar-refractivity contribution in [2.45, 2.75) is 13.5 Å². The quantitative estimate of drug-likeness (QED) is 0.574. The largest absolute Gasteiger partial charge is 0.360 e. The number of nitrogens with one attached hydrogen (secondary N) is 2. The van der Waals surface area contributed by atoms with E-state index >= 15 is 0 Å². The number of amides is 1. The van der Waals surface area contributed by atoms with E-state index in [0.29, 0.717) is 22.6 Å². The Labute approximate surface area is 186 Å². The maximum absolute atomic E-state index is 13.4. The first kappa shape index (κ1) is 21.3. The summed E-state index contributed by atoms with van der Waals surface area (Å²) < 4.78 is 28.1. The first-order valence-electron chi connectivity index (χ1n) is 9.91. The molecule has 32 heavy (non-hydrogen) atoms. The lowest BCUT2D eigenvalue weighted by Gasteiger charge is -2.31. The van der Waals surface area contributed by atoms with Crippen LogP contribution in [0.5, 0.6) is 0 Å². The molecule has 4 rings (SSSR count). The van der Waals surface area contributed by atoms with Crippen LogP contribution in [0.25, 0.3) is 0 Å². The van der Waals surface area contributed by atoms with Crippen LogP contribution in [-0.4, -0.2) is 20.1 Å². The number of hydrogen-bond acceptors (Lipinski definition) is 5. The molecule has 7 nitrogen and oxygen atoms in total. The van der Waals surface area contributed by atoms with E-state index in [1.807, 2.05) is 30.3 Å². The number of carbonyl (C=O) groups excluding carboxylic acids is 2. The van der Waals surface area contributed by atoms with Crippen LogP contribution in [0.4, 0.5) is 17.1 Å². The lowest BCUT2D eigenvalue weighted by atomic mass is 10.1. The van der Waals surface area contributed by atoms with Gasteiger partial charge in [-0.2, -0.15) is 0 Å². The van der Waals surface area contributed by atoms with Crippen molar-refractivity contribution in [3.05, 3.63) is 101 Å². The van der Waals surface area contributed by atoms with Gasteiger partial charge in [-0.3, -0.25) is 13.9 Å². The Bertz CT molecular complexity index is 1300. The van der Waals surface area contributed by atoms with Gasteiger partial charge in [-0.1, -0.05) is 42.5 Å². The minimum Gasteiger partial charge on any atom is -0.360 e. The number of Topliss-reactive ketones (excluding diaryl/α,β-unsaturated/α-hetero) is 1. The van der Waals surface area contributed by atoms with Crippen molar-refractivity contribution in [1.29, 1.82) is 0 Å². The first-order valence-corrected chi connectivity index (χ1v) is 11.3. The molecule has 0 saturated heterocycles. The molecule has 0 unspecified atom stereocenters. The monoisotopic (exact) mass is 447 g/mol. The molecule has 2 N–H and O–H groups in total. The third-order valence-electron chi connectivity index (χ3n) is 4.95. The van der Waals surface area contributed by atoms with Crippen LogP contribution in [0.1, 0.15) is 22.8 Å². The summed E-state index contributed by atoms with van der Waals surface area (Å²) >= 11 is 0. The average Bonchev–Trinajstić information content (AvgIpc) is 2.78. The van der Waals surface area contributed by atoms with Gasteiger partial charge in [0.15, 0.2) is 4.91 Å². The van der Waals surface area contributed by atoms with Gasteiger partial charge in [0, 0.05) is 30.1 Å². The highest BCUT2D eigenvalue weighted by Gasteiger charge is 2.39. The maximum Gasteiger partial charge on any atom is 0.270 e. The van der Waals surface area contributed by atoms with E-state index in [2.05, 4.69) is 10.6 Å². The fraction of sp³-hybridized carbons (Fsp3) is 0.0833. The number of para-hydroxylation sites is 1. The van der Waals surface area contributed by atoms with Crippen molar-refractivity contribution in [3.63, 3.8) is 0 Å². The summed E-state index contributed by atoms with van der Waals surface area (Å²) in [6.07, 6.45) is 1.22. The smallest absolute Gasteiger partial charge is 0.270 e. The average molecular weight is 448 g/mol. The zero-order chi connectivity index (χ0) is 22.7. The molecular formula is C24H21N3O4S. The predicted octanol–water partition coefficient (Wildman–Crippen LogP) is 4.13. The number of fused-ring (bicyclic) bond motifs is 1. The Morgan fingerprint density at radius 1 is 0.906 bits per heavy atom. The summed E-state index contributed by atoms with van der Waals surface area (Å²) in [4.78, 5) is 23.9. The molecule has 3 aromatic rings. The van der Waals surface area contributed by atoms with E-state index < -0.39 is 15.8 Å². The molecule has 1 aliphatic rings. The maximum atomic E-state index is 13.4. The van der Waals surface area contributed by atoms with Crippen LogP contribution in [-0.2, 0) is 21.4 Å². The highest BCUT2D eigenvalue weighted by Crippen LogP contribution is 2.36. The fourth-order valence-corrected chi connectivity index (χ4v) is 4.97. The second-order valence-corrected chi connectivity index (χ2v) is 9.09. The highest BCUT2D eigenvalue weighted by molar-refractivity contribution is 7.97. The second kappa shape index (κ2) is 8.68. The predicted molar refractivity (Wildman–Crippen MR) is 125 cm³/mol. The fourth-order valence-electron chi connectivity index (χ4n) is 3.44. The lowest BCUT2D eigenvalue weighted by molar-refractivity contribution is -0.114. The van der Waals surface area contributed by atoms with Crippen molar-refractivity contribution in [3.8, 4) is 0 Å². The Balaban J connectivity index is 1.69. The van der Waals surface area contributed by atoms with E-state index in [4.69, 9.17) is 0 Å². The molecule has 1 amide bonds. The van der Waals surface area contributed by atoms with Crippen LogP contribution >= 0.6 is 0 Å². The molecule has 1 heterocycles. The molecule has 0 bridgehead atoms. The Kier molecular flexibility index (Phi) is 5.79. The molecule has 0 aromatic heterocycles. The topological polar surface area (TPSA) is 95.6 Å². The third-order valence-corrected chi connectivity index (χ3v) is 6.72. The van der Waals surface area contributed by atoms with Crippen LogP contribution in [0.15, 0.2) is 90.0 Å². The van der Waals surface area contributed by atoms with Crippen molar-refractivity contribution < 1.29 is 18.0 Å². The Morgan fingerprint density at radius 2 is 1.53 bits per heavy atom. The number of rotatable bonds is 5. The van der Waals surface area contributed by atoms with Gasteiger partial charge in [0.1, 0.15) is 0 Å². The van der Waals surface area contributed by atoms with Gasteiger partial charge in [0.05, 0.1) is 12.2 Å². The standard InChI is InChI=1S/C24H21N3O4S/c1-17(28)26-20-13-11-19(12-14-20)25-15-23-24(29)21-9-5-6-10-22(21)27(32(23,30)31)16-18-7-3-2-4-8-18/h2-15,25H,16H2,1H3,(H,26,28). The number of allylic oxidation sites excluding steroid dienone is 1. The van der Waals surface area contributed by atoms with Gasteiger partial charge in [-0.25, -0.2) is 8.42 Å². The van der Waals surface area contributed by atoms with Crippen molar-refractivity contribution in [2.24, 2.45) is 0 Å². The third kappa shape index (κ3) is 4.26. The molecule has 0 saturated carbocycles. The van der Waals surface area contributed by atoms with E-state index in [9.17, 15) is 18.0 Å². The number of benzene rings is 3. The Hall–Kier alpha value is -3.91. The van der Waals surface area contributed by atoms with E-state index in [-0.39, 0.29) is 17.4 Å². The summed E-state index contributed by atoms with van der Waals surface area (Å²) in [5.41, 5.74) is 2.68. The first-order chi connectivity index (χ1) is 15.4. The lowest BCUT2D eigenvalue weighted by Crippen LogP contribution is -2.39. The molecule has 3 aromatic carbocycles. The molecule has 8 heteroatoms. The van der Waals surface area contributed by atoms with Gasteiger partial charge in [0.2, 0.25) is 11.7 Å². The normalized spacial score (nSPS) is 15.8. The molecule has 0 aliphatic carbocycles. The number of nitrogens with zero attached hydrogens (tertiary/aromatic N) is 1. The number of ketones is 1. The van der Waals surface area contributed by atoms with Crippen LogP contribution in [0.3, 0.4) is 0 Å². The van der Waals surface area contributed by atoms with Crippen molar-refractivity contribution in [1.82, 2.24) is 0 Å². The molecule has 1 aliphatic heterocycles. The zero-order valence-electron chi connectivity index (χ0n) is 17.3. The van der Waals surface area contributed by atoms with Crippen molar-refractivity contribution >= 4 is 38.8 Å². The summed E-state index contributed by atoms with van der Waals surface area (Å²) in [6, 6.07) is 22.6. The number of anilines is 3. The number of carbonyl (C=O) groups is 2. The summed E-state index contributed by atoms with van der Waals surface area (Å²) in [7, 11) is -4.09. The van der Waals surface area contributed by atoms with E-state index in [0.717, 1.165) is 5.56 Å². The van der Waals surface area contributed by atoms with E-state index in [1.165, 1.54) is 17.4 Å². The van der Waals surface area contributed by atoms with Gasteiger partial charge in [-0.05, 0) is 42.0 Å². The highest BCUT2D eigenvalue weighted by atomic mass is 32.2. The molecule has 162 valence electrons. The van der Waals surface area contributed by atoms with Crippen LogP contribution in [0.2, 0.25) is 0 Å². The van der Waals surface area contributed by atoms with Crippen LogP contribution in [0, 0.1) is 0 Å². The number of sulfonamides is 1. The molecule has 0 atom stereocenters. The minimum atomic E-state index is -4.09. The van der Waals surface area contributed by atoms with Gasteiger partial charge < -0.3 is 10.6 Å². The summed E-state index contributed by atoms with van der Waals surface area (Å²) in [5, 5.41) is 5.55. The molecular weight excluding hydrogens is 426 g/mol. The molecule has 0 radical (unpaired) electrons.